The molecule has 0 rings (SSSR count). The summed E-state index contributed by atoms with van der Waals surface area (Å²) in [7, 11) is 2.42. The molecular weight excluding hydrogens is 163 g/mol. The van der Waals surface area contributed by atoms with Crippen LogP contribution in [0.15, 0.2) is 0 Å². The first-order chi connectivity index (χ1) is 4.46. The molecular formula is C3H9O6P. The molecule has 4 N–H and O–H groups in total. The molecule has 0 amide bonds. The Balaban J connectivity index is -0.0000000787. The van der Waals surface area contributed by atoms with E-state index in [-0.39, 0.29) is 0 Å². The SMILES string of the molecule is CP.O=C(O)O.O=C(O)O. The molecule has 10 heavy (non-hydrogen) atoms. The average Bonchev–Trinajstić information content (AvgIpc) is 1.66. The van der Waals surface area contributed by atoms with Crippen LogP contribution in [0.1, 0.15) is 0 Å². The van der Waals surface area contributed by atoms with Crippen molar-refractivity contribution in [3.8, 4) is 0 Å². The van der Waals surface area contributed by atoms with Gasteiger partial charge in [-0.25, -0.2) is 9.59 Å². The van der Waals surface area contributed by atoms with Crippen molar-refractivity contribution in [3.05, 3.63) is 0 Å². The molecule has 62 valence electrons. The van der Waals surface area contributed by atoms with E-state index < -0.39 is 12.3 Å². The Morgan fingerprint density at radius 3 is 0.900 bits per heavy atom. The van der Waals surface area contributed by atoms with E-state index in [4.69, 9.17) is 30.0 Å². The number of hydrogen-bond acceptors (Lipinski definition) is 2. The zero-order chi connectivity index (χ0) is 9.15. The largest absolute Gasteiger partial charge is 0.503 e. The highest BCUT2D eigenvalue weighted by atomic mass is 31.0. The van der Waals surface area contributed by atoms with E-state index in [9.17, 15) is 0 Å². The summed E-state index contributed by atoms with van der Waals surface area (Å²) in [5.74, 6) is 0. The lowest BCUT2D eigenvalue weighted by molar-refractivity contribution is 0.135. The van der Waals surface area contributed by atoms with Crippen LogP contribution in [-0.2, 0) is 0 Å². The van der Waals surface area contributed by atoms with E-state index >= 15 is 0 Å². The molecule has 0 spiro atoms. The third-order valence-corrected chi connectivity index (χ3v) is 0. The van der Waals surface area contributed by atoms with Gasteiger partial charge in [0.25, 0.3) is 0 Å². The standard InChI is InChI=1S/2CH2O3.CH5P/c2*2-1(3)4;1-2/h2*(H2,2,3,4);2H2,1H3. The van der Waals surface area contributed by atoms with Crippen LogP contribution in [0.4, 0.5) is 9.59 Å². The second-order valence-electron chi connectivity index (χ2n) is 0.565. The van der Waals surface area contributed by atoms with Gasteiger partial charge in [0.05, 0.1) is 0 Å². The minimum absolute atomic E-state index is 1.83. The highest BCUT2D eigenvalue weighted by Crippen LogP contribution is 1.46. The van der Waals surface area contributed by atoms with Crippen molar-refractivity contribution >= 4 is 21.6 Å². The molecule has 0 aliphatic rings. The van der Waals surface area contributed by atoms with Crippen molar-refractivity contribution in [1.29, 1.82) is 0 Å². The smallest absolute Gasteiger partial charge is 0.450 e. The molecule has 0 radical (unpaired) electrons. The third kappa shape index (κ3) is 234. The fraction of sp³-hybridized carbons (Fsp3) is 0.333. The Morgan fingerprint density at radius 1 is 0.900 bits per heavy atom. The van der Waals surface area contributed by atoms with E-state index in [0.29, 0.717) is 0 Å². The molecule has 0 heterocycles. The summed E-state index contributed by atoms with van der Waals surface area (Å²) in [5, 5.41) is 27.9. The van der Waals surface area contributed by atoms with Gasteiger partial charge in [0.1, 0.15) is 0 Å². The Morgan fingerprint density at radius 2 is 0.900 bits per heavy atom. The topological polar surface area (TPSA) is 115 Å². The van der Waals surface area contributed by atoms with Crippen molar-refractivity contribution in [2.45, 2.75) is 0 Å². The van der Waals surface area contributed by atoms with Crippen molar-refractivity contribution in [2.75, 3.05) is 6.66 Å². The first-order valence-corrected chi connectivity index (χ1v) is 3.03. The Labute approximate surface area is 59.3 Å². The minimum Gasteiger partial charge on any atom is -0.450 e. The monoisotopic (exact) mass is 172 g/mol. The summed E-state index contributed by atoms with van der Waals surface area (Å²) in [5.41, 5.74) is 0. The lowest BCUT2D eigenvalue weighted by Gasteiger charge is -1.60. The van der Waals surface area contributed by atoms with Gasteiger partial charge in [0, 0.05) is 0 Å². The molecule has 0 saturated carbocycles. The summed E-state index contributed by atoms with van der Waals surface area (Å²) in [6.45, 7) is 1.92. The molecule has 6 nitrogen and oxygen atoms in total. The molecule has 0 aromatic rings. The molecule has 0 fully saturated rings. The van der Waals surface area contributed by atoms with E-state index in [1.807, 2.05) is 6.66 Å². The number of rotatable bonds is 0. The van der Waals surface area contributed by atoms with Crippen LogP contribution in [0.3, 0.4) is 0 Å². The van der Waals surface area contributed by atoms with Crippen molar-refractivity contribution < 1.29 is 30.0 Å². The fourth-order valence-electron chi connectivity index (χ4n) is 0. The van der Waals surface area contributed by atoms with E-state index in [0.717, 1.165) is 0 Å². The Bertz CT molecular complexity index is 71.0. The van der Waals surface area contributed by atoms with Crippen LogP contribution in [0, 0.1) is 0 Å². The molecule has 0 aromatic carbocycles. The molecule has 0 aromatic heterocycles. The Hall–Kier alpha value is -1.03. The fourth-order valence-corrected chi connectivity index (χ4v) is 0. The number of hydrogen-bond donors (Lipinski definition) is 4. The molecule has 0 aliphatic carbocycles. The first-order valence-electron chi connectivity index (χ1n) is 1.88. The molecule has 0 aliphatic heterocycles. The zero-order valence-electron chi connectivity index (χ0n) is 5.18. The zero-order valence-corrected chi connectivity index (χ0v) is 6.34. The summed E-state index contributed by atoms with van der Waals surface area (Å²) in [6, 6.07) is 0. The van der Waals surface area contributed by atoms with Crippen molar-refractivity contribution in [1.82, 2.24) is 0 Å². The quantitative estimate of drug-likeness (QED) is 0.404. The van der Waals surface area contributed by atoms with Crippen LogP contribution in [0.2, 0.25) is 0 Å². The molecule has 7 heteroatoms. The second-order valence-corrected chi connectivity index (χ2v) is 0.565. The van der Waals surface area contributed by atoms with Gasteiger partial charge in [-0.1, -0.05) is 6.66 Å². The van der Waals surface area contributed by atoms with Crippen molar-refractivity contribution in [2.24, 2.45) is 0 Å². The van der Waals surface area contributed by atoms with E-state index in [1.165, 1.54) is 0 Å². The lowest BCUT2D eigenvalue weighted by atomic mass is 11.5. The van der Waals surface area contributed by atoms with Crippen LogP contribution in [0.5, 0.6) is 0 Å². The third-order valence-electron chi connectivity index (χ3n) is 0. The Kier molecular flexibility index (Phi) is 25.1. The number of carboxylic acid groups (broad SMARTS) is 4. The van der Waals surface area contributed by atoms with Crippen LogP contribution < -0.4 is 0 Å². The first kappa shape index (κ1) is 16.0. The summed E-state index contributed by atoms with van der Waals surface area (Å²) < 4.78 is 0. The predicted octanol–water partition coefficient (Wildman–Crippen LogP) is 0.936. The molecule has 1 atom stereocenters. The maximum absolute atomic E-state index is 8.56. The maximum Gasteiger partial charge on any atom is 0.503 e. The lowest BCUT2D eigenvalue weighted by Crippen LogP contribution is -1.81. The van der Waals surface area contributed by atoms with Crippen molar-refractivity contribution in [3.63, 3.8) is 0 Å². The van der Waals surface area contributed by atoms with Gasteiger partial charge >= 0.3 is 12.3 Å². The second kappa shape index (κ2) is 15.7. The molecule has 0 saturated heterocycles. The van der Waals surface area contributed by atoms with Gasteiger partial charge in [0.2, 0.25) is 0 Å². The van der Waals surface area contributed by atoms with Crippen LogP contribution in [0.25, 0.3) is 0 Å². The highest BCUT2D eigenvalue weighted by molar-refractivity contribution is 7.15. The minimum atomic E-state index is -1.83. The predicted molar refractivity (Wildman–Crippen MR) is 36.9 cm³/mol. The summed E-state index contributed by atoms with van der Waals surface area (Å²) in [4.78, 5) is 17.1. The van der Waals surface area contributed by atoms with E-state index in [2.05, 4.69) is 9.24 Å². The van der Waals surface area contributed by atoms with Gasteiger partial charge < -0.3 is 20.4 Å². The van der Waals surface area contributed by atoms with Gasteiger partial charge in [-0.2, -0.15) is 0 Å². The highest BCUT2D eigenvalue weighted by Gasteiger charge is 1.70. The van der Waals surface area contributed by atoms with Gasteiger partial charge in [-0.15, -0.1) is 9.24 Å². The molecule has 0 bridgehead atoms. The van der Waals surface area contributed by atoms with Gasteiger partial charge in [-0.05, 0) is 0 Å². The van der Waals surface area contributed by atoms with Crippen LogP contribution in [-0.4, -0.2) is 39.4 Å². The van der Waals surface area contributed by atoms with Gasteiger partial charge in [-0.3, -0.25) is 0 Å². The van der Waals surface area contributed by atoms with E-state index in [1.54, 1.807) is 0 Å². The van der Waals surface area contributed by atoms with Crippen LogP contribution >= 0.6 is 9.24 Å². The summed E-state index contributed by atoms with van der Waals surface area (Å²) >= 11 is 0. The average molecular weight is 172 g/mol. The van der Waals surface area contributed by atoms with Gasteiger partial charge in [0.15, 0.2) is 0 Å². The molecule has 1 unspecified atom stereocenters. The summed E-state index contributed by atoms with van der Waals surface area (Å²) in [6.07, 6.45) is -3.67. The maximum atomic E-state index is 8.56. The normalized spacial score (nSPS) is 5.40. The number of carbonyl (C=O) groups is 2.